The summed E-state index contributed by atoms with van der Waals surface area (Å²) in [6, 6.07) is 4.29. The Bertz CT molecular complexity index is 910. The lowest BCUT2D eigenvalue weighted by Crippen LogP contribution is -2.42. The smallest absolute Gasteiger partial charge is 0.135 e. The zero-order chi connectivity index (χ0) is 23.0. The molecule has 27 heavy (non-hydrogen) atoms. The van der Waals surface area contributed by atoms with Crippen LogP contribution < -0.4 is 10.1 Å². The number of benzene rings is 2. The molecule has 2 rings (SSSR count). The van der Waals surface area contributed by atoms with Crippen molar-refractivity contribution in [2.24, 2.45) is 5.92 Å². The number of nitrogens with one attached hydrogen (secondary N) is 1. The molecule has 0 saturated heterocycles. The van der Waals surface area contributed by atoms with Crippen molar-refractivity contribution in [2.75, 3.05) is 13.6 Å². The maximum Gasteiger partial charge on any atom is 0.135 e. The fraction of sp³-hybridized carbons (Fsp3) is 0.520. The summed E-state index contributed by atoms with van der Waals surface area (Å²) in [6.07, 6.45) is 0. The van der Waals surface area contributed by atoms with Gasteiger partial charge in [0.2, 0.25) is 0 Å². The lowest BCUT2D eigenvalue weighted by Gasteiger charge is -2.39. The van der Waals surface area contributed by atoms with Crippen molar-refractivity contribution >= 4 is 0 Å². The number of ether oxygens (including phenoxy) is 1. The summed E-state index contributed by atoms with van der Waals surface area (Å²) in [6.45, 7) is 17.2. The molecule has 148 valence electrons. The summed E-state index contributed by atoms with van der Waals surface area (Å²) >= 11 is 0. The first-order valence-corrected chi connectivity index (χ1v) is 9.89. The Morgan fingerprint density at radius 1 is 1.04 bits per heavy atom. The molecular formula is C25H37NO. The first kappa shape index (κ1) is 17.3. The molecule has 1 N–H and O–H groups in total. The van der Waals surface area contributed by atoms with E-state index in [2.05, 4.69) is 46.0 Å². The average molecular weight is 371 g/mol. The molecular weight excluding hydrogens is 330 g/mol. The maximum absolute atomic E-state index is 8.73. The van der Waals surface area contributed by atoms with E-state index in [0.29, 0.717) is 18.0 Å². The van der Waals surface area contributed by atoms with Crippen LogP contribution in [0.1, 0.15) is 71.1 Å². The fourth-order valence-corrected chi connectivity index (χ4v) is 3.81. The third-order valence-corrected chi connectivity index (χ3v) is 5.97. The Balaban J connectivity index is 2.81. The minimum atomic E-state index is -0.830. The largest absolute Gasteiger partial charge is 0.482 e. The van der Waals surface area contributed by atoms with Crippen LogP contribution in [-0.2, 0) is 5.60 Å². The van der Waals surface area contributed by atoms with E-state index >= 15 is 0 Å². The Labute approximate surface area is 170 Å². The molecule has 2 heteroatoms. The van der Waals surface area contributed by atoms with Gasteiger partial charge in [-0.3, -0.25) is 0 Å². The zero-order valence-electron chi connectivity index (χ0n) is 21.4. The van der Waals surface area contributed by atoms with Gasteiger partial charge in [0, 0.05) is 12.5 Å². The molecule has 2 atom stereocenters. The van der Waals surface area contributed by atoms with Gasteiger partial charge in [-0.05, 0) is 87.0 Å². The van der Waals surface area contributed by atoms with Crippen LogP contribution in [-0.4, -0.2) is 13.6 Å². The van der Waals surface area contributed by atoms with E-state index in [0.717, 1.165) is 16.9 Å². The second kappa shape index (κ2) is 8.48. The summed E-state index contributed by atoms with van der Waals surface area (Å²) in [5.74, 6) is 1.16. The number of aryl methyl sites for hydroxylation is 1. The van der Waals surface area contributed by atoms with Crippen LogP contribution in [0.4, 0.5) is 0 Å². The molecule has 1 unspecified atom stereocenters. The van der Waals surface area contributed by atoms with Crippen molar-refractivity contribution < 1.29 is 8.85 Å². The molecule has 0 aliphatic carbocycles. The first-order valence-electron chi connectivity index (χ1n) is 11.4. The van der Waals surface area contributed by atoms with Gasteiger partial charge in [-0.2, -0.15) is 0 Å². The number of hydrogen-bond donors (Lipinski definition) is 1. The molecule has 2 aromatic carbocycles. The van der Waals surface area contributed by atoms with E-state index in [1.165, 1.54) is 16.7 Å². The molecule has 0 bridgehead atoms. The predicted octanol–water partition coefficient (Wildman–Crippen LogP) is 6.19. The monoisotopic (exact) mass is 370 g/mol. The molecule has 0 radical (unpaired) electrons. The van der Waals surface area contributed by atoms with Gasteiger partial charge in [0.1, 0.15) is 11.4 Å². The van der Waals surface area contributed by atoms with Gasteiger partial charge < -0.3 is 10.1 Å². The van der Waals surface area contributed by atoms with Crippen LogP contribution >= 0.6 is 0 Å². The van der Waals surface area contributed by atoms with Gasteiger partial charge in [-0.1, -0.05) is 45.0 Å². The van der Waals surface area contributed by atoms with Gasteiger partial charge in [-0.25, -0.2) is 0 Å². The van der Waals surface area contributed by atoms with E-state index in [1.807, 2.05) is 33.9 Å². The highest BCUT2D eigenvalue weighted by Gasteiger charge is 2.37. The van der Waals surface area contributed by atoms with E-state index in [-0.39, 0.29) is 24.0 Å². The second-order valence-electron chi connectivity index (χ2n) is 8.24. The quantitative estimate of drug-likeness (QED) is 0.627. The molecule has 0 fully saturated rings. The van der Waals surface area contributed by atoms with Gasteiger partial charge in [0.15, 0.2) is 0 Å². The van der Waals surface area contributed by atoms with Crippen molar-refractivity contribution in [3.8, 4) is 5.75 Å². The summed E-state index contributed by atoms with van der Waals surface area (Å²) in [7, 11) is 1.91. The van der Waals surface area contributed by atoms with Gasteiger partial charge in [-0.15, -0.1) is 0 Å². The van der Waals surface area contributed by atoms with Crippen LogP contribution in [0.2, 0.25) is 0 Å². The van der Waals surface area contributed by atoms with Crippen molar-refractivity contribution in [3.05, 3.63) is 63.6 Å². The Hall–Kier alpha value is -1.80. The van der Waals surface area contributed by atoms with Crippen LogP contribution in [0.5, 0.6) is 5.75 Å². The molecule has 0 aliphatic rings. The minimum absolute atomic E-state index is 0.0299. The van der Waals surface area contributed by atoms with Crippen molar-refractivity contribution in [3.63, 3.8) is 0 Å². The lowest BCUT2D eigenvalue weighted by molar-refractivity contribution is 0.0281. The highest BCUT2D eigenvalue weighted by atomic mass is 16.5. The van der Waals surface area contributed by atoms with Gasteiger partial charge >= 0.3 is 0 Å². The summed E-state index contributed by atoms with van der Waals surface area (Å²) in [5, 5.41) is 3.24. The molecule has 0 heterocycles. The molecule has 0 spiro atoms. The Kier molecular flexibility index (Phi) is 5.43. The van der Waals surface area contributed by atoms with E-state index in [1.54, 1.807) is 0 Å². The van der Waals surface area contributed by atoms with Crippen molar-refractivity contribution in [2.45, 2.75) is 66.9 Å². The molecule has 0 saturated carbocycles. The fourth-order valence-electron chi connectivity index (χ4n) is 3.81. The predicted molar refractivity (Wildman–Crippen MR) is 117 cm³/mol. The molecule has 2 nitrogen and oxygen atoms in total. The number of hydrogen-bond acceptors (Lipinski definition) is 2. The molecule has 0 aliphatic heterocycles. The standard InChI is InChI=1S/C25H37NO/c1-16(2)24-21(7)18(4)13-14-23(24)27-25(8,19(5)15-26-9)22-12-10-11-17(3)20(22)6/h10-14,16,19,26H,15H2,1-9H3/t19?,25-/m1/s1/i10D,11D,12D. The summed E-state index contributed by atoms with van der Waals surface area (Å²) < 4.78 is 32.1. The van der Waals surface area contributed by atoms with Crippen LogP contribution in [0.25, 0.3) is 0 Å². The SMILES string of the molecule is [2H]c1c([2H])c(C)c(C)c([C@](C)(Oc2ccc(C)c(C)c2C(C)C)C(C)CNC)c1[2H]. The van der Waals surface area contributed by atoms with Crippen molar-refractivity contribution in [1.29, 1.82) is 0 Å². The highest BCUT2D eigenvalue weighted by molar-refractivity contribution is 5.47. The lowest BCUT2D eigenvalue weighted by atomic mass is 9.80. The summed E-state index contributed by atoms with van der Waals surface area (Å²) in [5.41, 5.74) is 5.12. The Morgan fingerprint density at radius 2 is 1.70 bits per heavy atom. The van der Waals surface area contributed by atoms with E-state index in [9.17, 15) is 0 Å². The molecule has 0 amide bonds. The molecule has 2 aromatic rings. The number of rotatable bonds is 7. The Morgan fingerprint density at radius 3 is 2.30 bits per heavy atom. The van der Waals surface area contributed by atoms with E-state index in [4.69, 9.17) is 8.85 Å². The molecule has 0 aromatic heterocycles. The first-order chi connectivity index (χ1) is 13.9. The van der Waals surface area contributed by atoms with Crippen molar-refractivity contribution in [1.82, 2.24) is 5.32 Å². The second-order valence-corrected chi connectivity index (χ2v) is 8.24. The summed E-state index contributed by atoms with van der Waals surface area (Å²) in [4.78, 5) is 0. The normalized spacial score (nSPS) is 16.4. The maximum atomic E-state index is 8.73. The third kappa shape index (κ3) is 4.21. The third-order valence-electron chi connectivity index (χ3n) is 5.97. The van der Waals surface area contributed by atoms with Crippen LogP contribution in [0.3, 0.4) is 0 Å². The van der Waals surface area contributed by atoms with Crippen LogP contribution in [0.15, 0.2) is 30.3 Å². The highest BCUT2D eigenvalue weighted by Crippen LogP contribution is 2.41. The van der Waals surface area contributed by atoms with Gasteiger partial charge in [0.25, 0.3) is 0 Å². The van der Waals surface area contributed by atoms with Crippen LogP contribution in [0, 0.1) is 33.6 Å². The van der Waals surface area contributed by atoms with Gasteiger partial charge in [0.05, 0.1) is 4.11 Å². The minimum Gasteiger partial charge on any atom is -0.482 e. The topological polar surface area (TPSA) is 21.3 Å². The average Bonchev–Trinajstić information content (AvgIpc) is 2.67. The van der Waals surface area contributed by atoms with E-state index < -0.39 is 5.60 Å². The zero-order valence-corrected chi connectivity index (χ0v) is 18.4.